The van der Waals surface area contributed by atoms with E-state index in [1.54, 1.807) is 0 Å². The van der Waals surface area contributed by atoms with Crippen LogP contribution in [0.1, 0.15) is 6.92 Å². The zero-order chi connectivity index (χ0) is 7.94. The van der Waals surface area contributed by atoms with E-state index in [9.17, 15) is 13.2 Å². The lowest BCUT2D eigenvalue weighted by atomic mass is 10.6. The first-order chi connectivity index (χ1) is 4.45. The van der Waals surface area contributed by atoms with Gasteiger partial charge < -0.3 is 4.90 Å². The monoisotopic (exact) mass is 163 g/mol. The molecule has 0 radical (unpaired) electrons. The van der Waals surface area contributed by atoms with E-state index in [0.29, 0.717) is 0 Å². The van der Waals surface area contributed by atoms with E-state index in [1.807, 2.05) is 0 Å². The van der Waals surface area contributed by atoms with Gasteiger partial charge in [-0.3, -0.25) is 4.79 Å². The number of amides is 1. The Morgan fingerprint density at radius 3 is 2.20 bits per heavy atom. The molecule has 1 aliphatic heterocycles. The van der Waals surface area contributed by atoms with Gasteiger partial charge in [-0.1, -0.05) is 0 Å². The Bertz CT molecular complexity index is 256. The fourth-order valence-corrected chi connectivity index (χ4v) is 2.23. The average molecular weight is 163 g/mol. The summed E-state index contributed by atoms with van der Waals surface area (Å²) in [7, 11) is -1.65. The largest absolute Gasteiger partial charge is 0.328 e. The molecule has 0 aromatic carbocycles. The molecule has 10 heavy (non-hydrogen) atoms. The number of sulfone groups is 1. The predicted octanol–water partition coefficient (Wildman–Crippen LogP) is -0.781. The van der Waals surface area contributed by atoms with Gasteiger partial charge in [-0.15, -0.1) is 0 Å². The van der Waals surface area contributed by atoms with Crippen molar-refractivity contribution in [2.75, 3.05) is 12.8 Å². The Hall–Kier alpha value is -0.580. The Kier molecular flexibility index (Phi) is 1.47. The molecular formula is C5H9NO3S. The average Bonchev–Trinajstić information content (AvgIpc) is 1.95. The van der Waals surface area contributed by atoms with Crippen LogP contribution in [0.3, 0.4) is 0 Å². The van der Waals surface area contributed by atoms with Crippen molar-refractivity contribution < 1.29 is 13.2 Å². The van der Waals surface area contributed by atoms with Gasteiger partial charge in [0.25, 0.3) is 0 Å². The van der Waals surface area contributed by atoms with Crippen LogP contribution in [-0.4, -0.2) is 37.4 Å². The summed E-state index contributed by atoms with van der Waals surface area (Å²) in [5.74, 6) is -0.641. The molecule has 4 nitrogen and oxygen atoms in total. The molecular weight excluding hydrogens is 154 g/mol. The van der Waals surface area contributed by atoms with Crippen molar-refractivity contribution in [1.29, 1.82) is 0 Å². The summed E-state index contributed by atoms with van der Waals surface area (Å²) >= 11 is 0. The molecule has 0 aromatic rings. The summed E-state index contributed by atoms with van der Waals surface area (Å²) in [5, 5.41) is -0.639. The molecule has 1 saturated heterocycles. The van der Waals surface area contributed by atoms with E-state index in [1.165, 1.54) is 18.9 Å². The second-order valence-electron chi connectivity index (χ2n) is 2.41. The fraction of sp³-hybridized carbons (Fsp3) is 0.800. The van der Waals surface area contributed by atoms with E-state index in [0.717, 1.165) is 0 Å². The second-order valence-corrected chi connectivity index (χ2v) is 4.71. The summed E-state index contributed by atoms with van der Waals surface area (Å²) in [6.45, 7) is 1.51. The number of nitrogens with zero attached hydrogens (tertiary/aromatic N) is 1. The maximum atomic E-state index is 10.9. The molecule has 0 saturated carbocycles. The van der Waals surface area contributed by atoms with E-state index < -0.39 is 15.2 Å². The third-order valence-electron chi connectivity index (χ3n) is 1.78. The van der Waals surface area contributed by atoms with Crippen molar-refractivity contribution in [3.63, 3.8) is 0 Å². The van der Waals surface area contributed by atoms with E-state index in [2.05, 4.69) is 0 Å². The Morgan fingerprint density at radius 1 is 1.60 bits per heavy atom. The maximum absolute atomic E-state index is 10.9. The standard InChI is InChI=1S/C5H9NO3S/c1-4-6(2)5(7)3-10(4,8)9/h4H,3H2,1-2H3. The van der Waals surface area contributed by atoms with Crippen LogP contribution in [0.25, 0.3) is 0 Å². The lowest BCUT2D eigenvalue weighted by Crippen LogP contribution is -2.28. The van der Waals surface area contributed by atoms with Crippen LogP contribution in [0, 0.1) is 0 Å². The highest BCUT2D eigenvalue weighted by atomic mass is 32.2. The lowest BCUT2D eigenvalue weighted by molar-refractivity contribution is -0.126. The summed E-state index contributed by atoms with van der Waals surface area (Å²) in [6.07, 6.45) is 0. The molecule has 5 heteroatoms. The van der Waals surface area contributed by atoms with Crippen LogP contribution in [0.2, 0.25) is 0 Å². The molecule has 58 valence electrons. The van der Waals surface area contributed by atoms with Gasteiger partial charge in [0.15, 0.2) is 9.84 Å². The van der Waals surface area contributed by atoms with Crippen molar-refractivity contribution in [2.45, 2.75) is 12.3 Å². The van der Waals surface area contributed by atoms with Crippen LogP contribution < -0.4 is 0 Å². The number of carbonyl (C=O) groups is 1. The maximum Gasteiger partial charge on any atom is 0.238 e. The fourth-order valence-electron chi connectivity index (χ4n) is 0.838. The van der Waals surface area contributed by atoms with Crippen LogP contribution in [-0.2, 0) is 14.6 Å². The van der Waals surface area contributed by atoms with E-state index >= 15 is 0 Å². The van der Waals surface area contributed by atoms with Crippen molar-refractivity contribution >= 4 is 15.7 Å². The van der Waals surface area contributed by atoms with E-state index in [-0.39, 0.29) is 11.7 Å². The van der Waals surface area contributed by atoms with Gasteiger partial charge in [-0.25, -0.2) is 8.42 Å². The highest BCUT2D eigenvalue weighted by molar-refractivity contribution is 7.93. The first-order valence-corrected chi connectivity index (χ1v) is 4.64. The molecule has 1 amide bonds. The van der Waals surface area contributed by atoms with Crippen LogP contribution in [0.4, 0.5) is 0 Å². The van der Waals surface area contributed by atoms with Crippen LogP contribution in [0.5, 0.6) is 0 Å². The van der Waals surface area contributed by atoms with Crippen LogP contribution in [0.15, 0.2) is 0 Å². The smallest absolute Gasteiger partial charge is 0.238 e. The quantitative estimate of drug-likeness (QED) is 0.470. The normalized spacial score (nSPS) is 31.2. The second kappa shape index (κ2) is 1.95. The Labute approximate surface area is 59.7 Å². The third-order valence-corrected chi connectivity index (χ3v) is 3.79. The molecule has 1 rings (SSSR count). The van der Waals surface area contributed by atoms with Crippen molar-refractivity contribution in [3.8, 4) is 0 Å². The molecule has 1 aliphatic rings. The van der Waals surface area contributed by atoms with Gasteiger partial charge >= 0.3 is 0 Å². The highest BCUT2D eigenvalue weighted by Crippen LogP contribution is 2.14. The first-order valence-electron chi connectivity index (χ1n) is 2.92. The summed E-state index contributed by atoms with van der Waals surface area (Å²) in [6, 6.07) is 0. The van der Waals surface area contributed by atoms with Crippen molar-refractivity contribution in [2.24, 2.45) is 0 Å². The van der Waals surface area contributed by atoms with Gasteiger partial charge in [0.05, 0.1) is 0 Å². The van der Waals surface area contributed by atoms with Gasteiger partial charge in [-0.2, -0.15) is 0 Å². The van der Waals surface area contributed by atoms with Crippen LogP contribution >= 0.6 is 0 Å². The molecule has 0 aliphatic carbocycles. The van der Waals surface area contributed by atoms with Crippen molar-refractivity contribution in [1.82, 2.24) is 4.90 Å². The minimum Gasteiger partial charge on any atom is -0.328 e. The van der Waals surface area contributed by atoms with Crippen molar-refractivity contribution in [3.05, 3.63) is 0 Å². The summed E-state index contributed by atoms with van der Waals surface area (Å²) < 4.78 is 21.8. The van der Waals surface area contributed by atoms with Gasteiger partial charge in [-0.05, 0) is 6.92 Å². The predicted molar refractivity (Wildman–Crippen MR) is 36.0 cm³/mol. The molecule has 1 fully saturated rings. The summed E-state index contributed by atoms with van der Waals surface area (Å²) in [5.41, 5.74) is 0. The number of hydrogen-bond donors (Lipinski definition) is 0. The molecule has 1 unspecified atom stereocenters. The van der Waals surface area contributed by atoms with Gasteiger partial charge in [0.1, 0.15) is 11.1 Å². The highest BCUT2D eigenvalue weighted by Gasteiger charge is 2.38. The summed E-state index contributed by atoms with van der Waals surface area (Å²) in [4.78, 5) is 12.0. The molecule has 0 N–H and O–H groups in total. The third kappa shape index (κ3) is 0.901. The molecule has 1 heterocycles. The number of hydrogen-bond acceptors (Lipinski definition) is 3. The van der Waals surface area contributed by atoms with Gasteiger partial charge in [0, 0.05) is 7.05 Å². The lowest BCUT2D eigenvalue weighted by Gasteiger charge is -2.11. The molecule has 0 spiro atoms. The molecule has 1 atom stereocenters. The van der Waals surface area contributed by atoms with E-state index in [4.69, 9.17) is 0 Å². The SMILES string of the molecule is CC1N(C)C(=O)CS1(=O)=O. The zero-order valence-corrected chi connectivity index (χ0v) is 6.68. The molecule has 0 bridgehead atoms. The Morgan fingerprint density at radius 2 is 2.10 bits per heavy atom. The first kappa shape index (κ1) is 7.53. The minimum absolute atomic E-state index is 0.312. The number of rotatable bonds is 0. The molecule has 0 aromatic heterocycles. The Balaban J connectivity index is 3.04. The number of carbonyl (C=O) groups excluding carboxylic acids is 1. The zero-order valence-electron chi connectivity index (χ0n) is 5.86. The van der Waals surface area contributed by atoms with Gasteiger partial charge in [0.2, 0.25) is 5.91 Å². The minimum atomic E-state index is -3.15. The topological polar surface area (TPSA) is 54.5 Å².